The molecule has 2 heterocycles. The number of hydrogen-bond donors (Lipinski definition) is 0. The predicted octanol–water partition coefficient (Wildman–Crippen LogP) is 1.11. The number of ether oxygens (including phenoxy) is 3. The van der Waals surface area contributed by atoms with Gasteiger partial charge in [-0.25, -0.2) is 0 Å². The van der Waals surface area contributed by atoms with E-state index in [1.165, 1.54) is 12.8 Å². The van der Waals surface area contributed by atoms with E-state index >= 15 is 0 Å². The van der Waals surface area contributed by atoms with Crippen LogP contribution < -0.4 is 0 Å². The van der Waals surface area contributed by atoms with Crippen LogP contribution in [0.3, 0.4) is 0 Å². The van der Waals surface area contributed by atoms with Gasteiger partial charge < -0.3 is 14.2 Å². The van der Waals surface area contributed by atoms with Crippen LogP contribution in [0.15, 0.2) is 0 Å². The van der Waals surface area contributed by atoms with Gasteiger partial charge in [0.1, 0.15) is 6.10 Å². The molecule has 3 fully saturated rings. The summed E-state index contributed by atoms with van der Waals surface area (Å²) in [6.07, 6.45) is 5.32. The molecule has 5 atom stereocenters. The second-order valence-corrected chi connectivity index (χ2v) is 4.29. The lowest BCUT2D eigenvalue weighted by Gasteiger charge is -2.20. The summed E-state index contributed by atoms with van der Waals surface area (Å²) in [5.74, 6) is 0. The third-order valence-electron chi connectivity index (χ3n) is 3.38. The highest BCUT2D eigenvalue weighted by Crippen LogP contribution is 2.41. The Bertz CT molecular complexity index is 200. The SMILES string of the molecule is CC1OCCC1OC1CCC2OC12. The fraction of sp³-hybridized carbons (Fsp3) is 1.00. The monoisotopic (exact) mass is 184 g/mol. The lowest BCUT2D eigenvalue weighted by molar-refractivity contribution is -0.0565. The van der Waals surface area contributed by atoms with Crippen LogP contribution in [0.5, 0.6) is 0 Å². The summed E-state index contributed by atoms with van der Waals surface area (Å²) in [5, 5.41) is 0. The van der Waals surface area contributed by atoms with E-state index in [1.807, 2.05) is 0 Å². The van der Waals surface area contributed by atoms with Crippen molar-refractivity contribution in [2.45, 2.75) is 56.7 Å². The first-order chi connectivity index (χ1) is 6.34. The smallest absolute Gasteiger partial charge is 0.110 e. The van der Waals surface area contributed by atoms with E-state index in [0.29, 0.717) is 24.4 Å². The van der Waals surface area contributed by atoms with Crippen molar-refractivity contribution in [2.75, 3.05) is 6.61 Å². The number of hydrogen-bond acceptors (Lipinski definition) is 3. The minimum Gasteiger partial charge on any atom is -0.376 e. The van der Waals surface area contributed by atoms with E-state index in [9.17, 15) is 0 Å². The zero-order valence-electron chi connectivity index (χ0n) is 7.94. The lowest BCUT2D eigenvalue weighted by Crippen LogP contribution is -2.29. The molecule has 13 heavy (non-hydrogen) atoms. The van der Waals surface area contributed by atoms with Crippen molar-refractivity contribution in [1.29, 1.82) is 0 Å². The molecule has 2 saturated heterocycles. The minimum absolute atomic E-state index is 0.276. The van der Waals surface area contributed by atoms with Crippen molar-refractivity contribution < 1.29 is 14.2 Å². The van der Waals surface area contributed by atoms with Crippen molar-refractivity contribution in [3.63, 3.8) is 0 Å². The molecule has 0 aromatic carbocycles. The average molecular weight is 184 g/mol. The van der Waals surface area contributed by atoms with Crippen molar-refractivity contribution in [3.8, 4) is 0 Å². The topological polar surface area (TPSA) is 31.0 Å². The van der Waals surface area contributed by atoms with Crippen LogP contribution in [-0.4, -0.2) is 37.1 Å². The maximum absolute atomic E-state index is 5.99. The highest BCUT2D eigenvalue weighted by atomic mass is 16.6. The summed E-state index contributed by atoms with van der Waals surface area (Å²) in [6, 6.07) is 0. The molecule has 2 aliphatic heterocycles. The minimum atomic E-state index is 0.276. The molecule has 1 saturated carbocycles. The molecule has 0 spiro atoms. The van der Waals surface area contributed by atoms with Crippen LogP contribution in [0.1, 0.15) is 26.2 Å². The Morgan fingerprint density at radius 2 is 2.08 bits per heavy atom. The van der Waals surface area contributed by atoms with Crippen molar-refractivity contribution in [2.24, 2.45) is 0 Å². The number of rotatable bonds is 2. The maximum atomic E-state index is 5.99. The molecule has 3 aliphatic rings. The molecule has 0 aromatic rings. The average Bonchev–Trinajstić information content (AvgIpc) is 2.65. The summed E-state index contributed by atoms with van der Waals surface area (Å²) in [4.78, 5) is 0. The Morgan fingerprint density at radius 1 is 1.15 bits per heavy atom. The number of epoxide rings is 1. The standard InChI is InChI=1S/C10H16O3/c1-6-7(4-5-11-6)12-8-2-3-9-10(8)13-9/h6-10H,2-5H2,1H3. The lowest BCUT2D eigenvalue weighted by atomic mass is 10.2. The Morgan fingerprint density at radius 3 is 2.62 bits per heavy atom. The molecule has 3 rings (SSSR count). The molecular formula is C10H16O3. The summed E-state index contributed by atoms with van der Waals surface area (Å²) in [5.41, 5.74) is 0. The quantitative estimate of drug-likeness (QED) is 0.602. The van der Waals surface area contributed by atoms with Gasteiger partial charge in [0.25, 0.3) is 0 Å². The van der Waals surface area contributed by atoms with Gasteiger partial charge >= 0.3 is 0 Å². The molecular weight excluding hydrogens is 168 g/mol. The zero-order valence-corrected chi connectivity index (χ0v) is 7.94. The van der Waals surface area contributed by atoms with Gasteiger partial charge in [0.2, 0.25) is 0 Å². The summed E-state index contributed by atoms with van der Waals surface area (Å²) in [6.45, 7) is 2.95. The van der Waals surface area contributed by atoms with Crippen LogP contribution in [0, 0.1) is 0 Å². The van der Waals surface area contributed by atoms with E-state index in [0.717, 1.165) is 13.0 Å². The summed E-state index contributed by atoms with van der Waals surface area (Å²) in [7, 11) is 0. The van der Waals surface area contributed by atoms with Gasteiger partial charge in [-0.1, -0.05) is 0 Å². The first-order valence-electron chi connectivity index (χ1n) is 5.27. The second-order valence-electron chi connectivity index (χ2n) is 4.29. The third kappa shape index (κ3) is 1.39. The Balaban J connectivity index is 1.56. The fourth-order valence-electron chi connectivity index (χ4n) is 2.47. The van der Waals surface area contributed by atoms with Gasteiger partial charge in [0.05, 0.1) is 24.4 Å². The zero-order chi connectivity index (χ0) is 8.84. The summed E-state index contributed by atoms with van der Waals surface area (Å²) >= 11 is 0. The van der Waals surface area contributed by atoms with Gasteiger partial charge in [-0.2, -0.15) is 0 Å². The molecule has 5 unspecified atom stereocenters. The third-order valence-corrected chi connectivity index (χ3v) is 3.38. The molecule has 0 radical (unpaired) electrons. The Labute approximate surface area is 78.3 Å². The van der Waals surface area contributed by atoms with Crippen LogP contribution in [0.4, 0.5) is 0 Å². The van der Waals surface area contributed by atoms with Crippen molar-refractivity contribution >= 4 is 0 Å². The molecule has 3 heteroatoms. The molecule has 0 bridgehead atoms. The predicted molar refractivity (Wildman–Crippen MR) is 46.6 cm³/mol. The Kier molecular flexibility index (Phi) is 1.86. The van der Waals surface area contributed by atoms with Crippen molar-refractivity contribution in [1.82, 2.24) is 0 Å². The van der Waals surface area contributed by atoms with E-state index < -0.39 is 0 Å². The van der Waals surface area contributed by atoms with Gasteiger partial charge in [0, 0.05) is 6.61 Å². The first kappa shape index (κ1) is 8.21. The van der Waals surface area contributed by atoms with Gasteiger partial charge in [-0.15, -0.1) is 0 Å². The fourth-order valence-corrected chi connectivity index (χ4v) is 2.47. The van der Waals surface area contributed by atoms with Gasteiger partial charge in [0.15, 0.2) is 0 Å². The van der Waals surface area contributed by atoms with Gasteiger partial charge in [-0.05, 0) is 26.2 Å². The molecule has 0 N–H and O–H groups in total. The van der Waals surface area contributed by atoms with E-state index in [-0.39, 0.29) is 6.10 Å². The number of fused-ring (bicyclic) bond motifs is 1. The molecule has 0 aromatic heterocycles. The first-order valence-corrected chi connectivity index (χ1v) is 5.27. The van der Waals surface area contributed by atoms with Crippen LogP contribution >= 0.6 is 0 Å². The van der Waals surface area contributed by atoms with Crippen LogP contribution in [-0.2, 0) is 14.2 Å². The van der Waals surface area contributed by atoms with Gasteiger partial charge in [-0.3, -0.25) is 0 Å². The molecule has 74 valence electrons. The maximum Gasteiger partial charge on any atom is 0.110 e. The largest absolute Gasteiger partial charge is 0.376 e. The van der Waals surface area contributed by atoms with Crippen LogP contribution in [0.2, 0.25) is 0 Å². The molecule has 0 amide bonds. The van der Waals surface area contributed by atoms with E-state index in [2.05, 4.69) is 6.92 Å². The Hall–Kier alpha value is -0.120. The van der Waals surface area contributed by atoms with E-state index in [1.54, 1.807) is 0 Å². The second kappa shape index (κ2) is 2.94. The molecule has 3 nitrogen and oxygen atoms in total. The molecule has 1 aliphatic carbocycles. The highest BCUT2D eigenvalue weighted by Gasteiger charge is 2.52. The van der Waals surface area contributed by atoms with E-state index in [4.69, 9.17) is 14.2 Å². The van der Waals surface area contributed by atoms with Crippen LogP contribution in [0.25, 0.3) is 0 Å². The summed E-state index contributed by atoms with van der Waals surface area (Å²) < 4.78 is 16.9. The normalized spacial score (nSPS) is 53.8. The highest BCUT2D eigenvalue weighted by molar-refractivity contribution is 4.99. The van der Waals surface area contributed by atoms with Crippen molar-refractivity contribution in [3.05, 3.63) is 0 Å².